The molecule has 0 spiro atoms. The molecule has 2 fully saturated rings. The molecule has 0 unspecified atom stereocenters. The monoisotopic (exact) mass is 356 g/mol. The first-order chi connectivity index (χ1) is 11.7. The van der Waals surface area contributed by atoms with Gasteiger partial charge in [-0.1, -0.05) is 12.1 Å². The molecule has 0 radical (unpaired) electrons. The van der Waals surface area contributed by atoms with E-state index < -0.39 is 24.0 Å². The molecule has 0 bridgehead atoms. The zero-order chi connectivity index (χ0) is 18.2. The molecule has 2 saturated heterocycles. The molecule has 0 aliphatic carbocycles. The zero-order valence-electron chi connectivity index (χ0n) is 13.7. The molecule has 2 heterocycles. The van der Waals surface area contributed by atoms with Crippen molar-refractivity contribution in [1.29, 1.82) is 0 Å². The molecule has 2 aliphatic heterocycles. The van der Waals surface area contributed by atoms with Gasteiger partial charge in [0.1, 0.15) is 12.3 Å². The third-order valence-corrected chi connectivity index (χ3v) is 4.98. The number of carbonyl (C=O) groups excluding carboxylic acids is 2. The lowest BCUT2D eigenvalue weighted by atomic mass is 9.76. The van der Waals surface area contributed by atoms with E-state index in [9.17, 15) is 22.8 Å². The van der Waals surface area contributed by atoms with Gasteiger partial charge in [-0.25, -0.2) is 0 Å². The second-order valence-corrected chi connectivity index (χ2v) is 6.53. The number of hydrogen-bond donors (Lipinski definition) is 1. The van der Waals surface area contributed by atoms with Crippen LogP contribution in [0.25, 0.3) is 0 Å². The van der Waals surface area contributed by atoms with Crippen molar-refractivity contribution in [2.75, 3.05) is 20.2 Å². The second-order valence-electron chi connectivity index (χ2n) is 6.53. The predicted molar refractivity (Wildman–Crippen MR) is 83.1 cm³/mol. The summed E-state index contributed by atoms with van der Waals surface area (Å²) in [7, 11) is 1.48. The van der Waals surface area contributed by atoms with E-state index in [1.807, 2.05) is 5.32 Å². The van der Waals surface area contributed by atoms with E-state index in [-0.39, 0.29) is 18.5 Å². The molecule has 0 saturated carbocycles. The Balaban J connectivity index is 1.94. The van der Waals surface area contributed by atoms with E-state index in [4.69, 9.17) is 4.74 Å². The number of benzene rings is 1. The van der Waals surface area contributed by atoms with Gasteiger partial charge in [0, 0.05) is 19.0 Å². The summed E-state index contributed by atoms with van der Waals surface area (Å²) >= 11 is 0. The summed E-state index contributed by atoms with van der Waals surface area (Å²) in [6, 6.07) is 6.63. The molecule has 1 aromatic rings. The average Bonchev–Trinajstić information content (AvgIpc) is 3.12. The fourth-order valence-electron chi connectivity index (χ4n) is 3.76. The van der Waals surface area contributed by atoms with Crippen LogP contribution < -0.4 is 10.1 Å². The standard InChI is InChI=1S/C17H19F3N2O3/c1-25-13-4-2-3-11(7-13)16(15(24)21-9-17(18,19)20)8-12-5-6-14(23)22(12)10-16/h2-4,7,12H,5-6,8-10H2,1H3,(H,21,24)/t12-,16-/m0/s1. The van der Waals surface area contributed by atoms with Crippen molar-refractivity contribution in [1.82, 2.24) is 10.2 Å². The largest absolute Gasteiger partial charge is 0.497 e. The number of hydrogen-bond acceptors (Lipinski definition) is 3. The fraction of sp³-hybridized carbons (Fsp3) is 0.529. The molecular weight excluding hydrogens is 337 g/mol. The Morgan fingerprint density at radius 2 is 2.20 bits per heavy atom. The number of fused-ring (bicyclic) bond motifs is 1. The quantitative estimate of drug-likeness (QED) is 0.898. The number of halogens is 3. The van der Waals surface area contributed by atoms with Gasteiger partial charge in [0.05, 0.1) is 12.5 Å². The van der Waals surface area contributed by atoms with Gasteiger partial charge in [-0.3, -0.25) is 9.59 Å². The van der Waals surface area contributed by atoms with Gasteiger partial charge in [0.15, 0.2) is 0 Å². The van der Waals surface area contributed by atoms with Crippen LogP contribution in [0.5, 0.6) is 5.75 Å². The highest BCUT2D eigenvalue weighted by atomic mass is 19.4. The number of rotatable bonds is 4. The van der Waals surface area contributed by atoms with Crippen LogP contribution in [0, 0.1) is 0 Å². The van der Waals surface area contributed by atoms with Crippen LogP contribution in [-0.2, 0) is 15.0 Å². The van der Waals surface area contributed by atoms with Gasteiger partial charge in [-0.2, -0.15) is 13.2 Å². The van der Waals surface area contributed by atoms with Crippen LogP contribution in [0.1, 0.15) is 24.8 Å². The lowest BCUT2D eigenvalue weighted by Crippen LogP contribution is -2.49. The molecule has 0 aromatic heterocycles. The van der Waals surface area contributed by atoms with Crippen LogP contribution in [0.2, 0.25) is 0 Å². The highest BCUT2D eigenvalue weighted by Crippen LogP contribution is 2.43. The first-order valence-corrected chi connectivity index (χ1v) is 8.04. The molecule has 2 amide bonds. The van der Waals surface area contributed by atoms with Crippen molar-refractivity contribution in [2.45, 2.75) is 36.9 Å². The van der Waals surface area contributed by atoms with Crippen molar-refractivity contribution >= 4 is 11.8 Å². The summed E-state index contributed by atoms with van der Waals surface area (Å²) in [5.41, 5.74) is -0.630. The average molecular weight is 356 g/mol. The maximum absolute atomic E-state index is 12.8. The summed E-state index contributed by atoms with van der Waals surface area (Å²) in [5.74, 6) is -0.252. The Kier molecular flexibility index (Phi) is 4.38. The highest BCUT2D eigenvalue weighted by Gasteiger charge is 2.54. The molecule has 1 aromatic carbocycles. The predicted octanol–water partition coefficient (Wildman–Crippen LogP) is 2.01. The Morgan fingerprint density at radius 3 is 2.84 bits per heavy atom. The number of ether oxygens (including phenoxy) is 1. The molecule has 2 atom stereocenters. The van der Waals surface area contributed by atoms with Gasteiger partial charge in [0.2, 0.25) is 11.8 Å². The van der Waals surface area contributed by atoms with Gasteiger partial charge < -0.3 is 15.0 Å². The SMILES string of the molecule is COc1cccc([C@]2(C(=O)NCC(F)(F)F)C[C@@H]3CCC(=O)N3C2)c1. The van der Waals surface area contributed by atoms with Gasteiger partial charge in [-0.15, -0.1) is 0 Å². The Morgan fingerprint density at radius 1 is 1.44 bits per heavy atom. The van der Waals surface area contributed by atoms with Crippen LogP contribution in [0.15, 0.2) is 24.3 Å². The fourth-order valence-corrected chi connectivity index (χ4v) is 3.76. The lowest BCUT2D eigenvalue weighted by molar-refractivity contribution is -0.142. The Hall–Kier alpha value is -2.25. The zero-order valence-corrected chi connectivity index (χ0v) is 13.7. The molecule has 1 N–H and O–H groups in total. The number of carbonyl (C=O) groups is 2. The maximum Gasteiger partial charge on any atom is 0.405 e. The Labute approximate surface area is 143 Å². The summed E-state index contributed by atoms with van der Waals surface area (Å²) in [6.07, 6.45) is -3.13. The first-order valence-electron chi connectivity index (χ1n) is 8.04. The normalized spacial score (nSPS) is 25.8. The minimum absolute atomic E-state index is 0.0570. The van der Waals surface area contributed by atoms with Gasteiger partial charge in [-0.05, 0) is 30.5 Å². The van der Waals surface area contributed by atoms with E-state index in [0.29, 0.717) is 30.6 Å². The minimum Gasteiger partial charge on any atom is -0.497 e. The first kappa shape index (κ1) is 17.6. The number of alkyl halides is 3. The summed E-state index contributed by atoms with van der Waals surface area (Å²) < 4.78 is 42.8. The van der Waals surface area contributed by atoms with Crippen molar-refractivity contribution in [2.24, 2.45) is 0 Å². The molecule has 136 valence electrons. The van der Waals surface area contributed by atoms with E-state index >= 15 is 0 Å². The van der Waals surface area contributed by atoms with Crippen LogP contribution >= 0.6 is 0 Å². The smallest absolute Gasteiger partial charge is 0.405 e. The van der Waals surface area contributed by atoms with E-state index in [1.165, 1.54) is 7.11 Å². The van der Waals surface area contributed by atoms with Gasteiger partial charge >= 0.3 is 6.18 Å². The highest BCUT2D eigenvalue weighted by molar-refractivity contribution is 5.91. The van der Waals surface area contributed by atoms with E-state index in [2.05, 4.69) is 0 Å². The third-order valence-electron chi connectivity index (χ3n) is 4.98. The van der Waals surface area contributed by atoms with Crippen molar-refractivity contribution in [3.8, 4) is 5.75 Å². The van der Waals surface area contributed by atoms with Crippen LogP contribution in [0.3, 0.4) is 0 Å². The molecule has 5 nitrogen and oxygen atoms in total. The summed E-state index contributed by atoms with van der Waals surface area (Å²) in [6.45, 7) is -1.30. The van der Waals surface area contributed by atoms with Crippen LogP contribution in [0.4, 0.5) is 13.2 Å². The lowest BCUT2D eigenvalue weighted by Gasteiger charge is -2.29. The second kappa shape index (κ2) is 6.24. The van der Waals surface area contributed by atoms with Crippen molar-refractivity contribution < 1.29 is 27.5 Å². The third kappa shape index (κ3) is 3.29. The maximum atomic E-state index is 12.8. The van der Waals surface area contributed by atoms with E-state index in [1.54, 1.807) is 29.2 Å². The number of amides is 2. The van der Waals surface area contributed by atoms with Crippen LogP contribution in [-0.4, -0.2) is 49.1 Å². The summed E-state index contributed by atoms with van der Waals surface area (Å²) in [5, 5.41) is 2.00. The topological polar surface area (TPSA) is 58.6 Å². The van der Waals surface area contributed by atoms with E-state index in [0.717, 1.165) is 0 Å². The molecule has 2 aliphatic rings. The molecular formula is C17H19F3N2O3. The minimum atomic E-state index is -4.49. The molecule has 3 rings (SSSR count). The van der Waals surface area contributed by atoms with Gasteiger partial charge in [0.25, 0.3) is 0 Å². The van der Waals surface area contributed by atoms with Crippen molar-refractivity contribution in [3.63, 3.8) is 0 Å². The number of nitrogens with zero attached hydrogens (tertiary/aromatic N) is 1. The number of nitrogens with one attached hydrogen (secondary N) is 1. The summed E-state index contributed by atoms with van der Waals surface area (Å²) in [4.78, 5) is 26.4. The number of methoxy groups -OCH3 is 1. The van der Waals surface area contributed by atoms with Crippen molar-refractivity contribution in [3.05, 3.63) is 29.8 Å². The molecule has 25 heavy (non-hydrogen) atoms. The molecule has 8 heteroatoms. The Bertz CT molecular complexity index is 692.